The molecule has 0 unspecified atom stereocenters. The van der Waals surface area contributed by atoms with Gasteiger partial charge in [-0.2, -0.15) is 0 Å². The molecule has 0 atom stereocenters. The van der Waals surface area contributed by atoms with Gasteiger partial charge >= 0.3 is 0 Å². The zero-order valence-corrected chi connectivity index (χ0v) is 14.4. The minimum absolute atomic E-state index is 0.0275. The lowest BCUT2D eigenvalue weighted by atomic mass is 10.3. The molecule has 0 radical (unpaired) electrons. The van der Waals surface area contributed by atoms with E-state index in [1.807, 2.05) is 70.7 Å². The number of pyridine rings is 1. The van der Waals surface area contributed by atoms with Crippen molar-refractivity contribution in [2.24, 2.45) is 0 Å². The van der Waals surface area contributed by atoms with E-state index in [9.17, 15) is 4.79 Å². The Hall–Kier alpha value is -3.45. The topological polar surface area (TPSA) is 78.7 Å². The number of hydrogen-bond acceptors (Lipinski definition) is 5. The predicted octanol–water partition coefficient (Wildman–Crippen LogP) is 3.37. The Morgan fingerprint density at radius 1 is 0.962 bits per heavy atom. The lowest BCUT2D eigenvalue weighted by Crippen LogP contribution is -2.23. The maximum absolute atomic E-state index is 12.6. The first-order valence-electron chi connectivity index (χ1n) is 8.02. The molecule has 5 aromatic rings. The van der Waals surface area contributed by atoms with Gasteiger partial charge in [0.25, 0.3) is 5.56 Å². The van der Waals surface area contributed by atoms with Crippen molar-refractivity contribution in [2.45, 2.75) is 0 Å². The molecule has 0 spiro atoms. The smallest absolute Gasteiger partial charge is 0.299 e. The number of fused-ring (bicyclic) bond motifs is 2. The quantitative estimate of drug-likeness (QED) is 0.524. The standard InChI is InChI=1S/C19H13N5OS/c20-16-19(25)24(14-9-11-26-18(14)22-16)15-7-6-12-8-10-23(17(12)21-15)13-4-2-1-3-5-13/h1-11H,(H2,20,22). The molecule has 126 valence electrons. The largest absolute Gasteiger partial charge is 0.379 e. The molecule has 4 heterocycles. The number of para-hydroxylation sites is 1. The van der Waals surface area contributed by atoms with Crippen molar-refractivity contribution < 1.29 is 0 Å². The maximum Gasteiger partial charge on any atom is 0.299 e. The predicted molar refractivity (Wildman–Crippen MR) is 104 cm³/mol. The van der Waals surface area contributed by atoms with Gasteiger partial charge in [-0.15, -0.1) is 11.3 Å². The molecule has 2 N–H and O–H groups in total. The number of benzene rings is 1. The van der Waals surface area contributed by atoms with Crippen molar-refractivity contribution in [3.05, 3.63) is 76.5 Å². The first kappa shape index (κ1) is 14.9. The molecular formula is C19H13N5OS. The second-order valence-electron chi connectivity index (χ2n) is 5.85. The Morgan fingerprint density at radius 3 is 2.65 bits per heavy atom. The number of nitrogen functional groups attached to an aromatic ring is 1. The van der Waals surface area contributed by atoms with Gasteiger partial charge in [-0.05, 0) is 41.8 Å². The Labute approximate surface area is 151 Å². The fraction of sp³-hybridized carbons (Fsp3) is 0. The monoisotopic (exact) mass is 359 g/mol. The Bertz CT molecular complexity index is 1320. The zero-order valence-electron chi connectivity index (χ0n) is 13.5. The number of anilines is 1. The molecule has 0 fully saturated rings. The van der Waals surface area contributed by atoms with Crippen molar-refractivity contribution in [1.29, 1.82) is 0 Å². The molecule has 4 aromatic heterocycles. The molecule has 0 saturated heterocycles. The van der Waals surface area contributed by atoms with Gasteiger partial charge in [0.2, 0.25) is 0 Å². The van der Waals surface area contributed by atoms with E-state index in [-0.39, 0.29) is 11.4 Å². The molecule has 26 heavy (non-hydrogen) atoms. The lowest BCUT2D eigenvalue weighted by molar-refractivity contribution is 0.973. The van der Waals surface area contributed by atoms with E-state index in [1.54, 1.807) is 0 Å². The third-order valence-electron chi connectivity index (χ3n) is 4.30. The van der Waals surface area contributed by atoms with Gasteiger partial charge in [0.15, 0.2) is 5.82 Å². The second-order valence-corrected chi connectivity index (χ2v) is 6.75. The minimum atomic E-state index is -0.361. The van der Waals surface area contributed by atoms with Crippen LogP contribution in [-0.4, -0.2) is 19.1 Å². The van der Waals surface area contributed by atoms with Gasteiger partial charge < -0.3 is 10.3 Å². The molecular weight excluding hydrogens is 346 g/mol. The fourth-order valence-corrected chi connectivity index (χ4v) is 3.83. The molecule has 7 heteroatoms. The van der Waals surface area contributed by atoms with Crippen LogP contribution in [0.2, 0.25) is 0 Å². The van der Waals surface area contributed by atoms with E-state index in [2.05, 4.69) is 4.98 Å². The summed E-state index contributed by atoms with van der Waals surface area (Å²) in [6, 6.07) is 17.6. The second kappa shape index (κ2) is 5.53. The number of rotatable bonds is 2. The van der Waals surface area contributed by atoms with Crippen molar-refractivity contribution in [1.82, 2.24) is 19.1 Å². The number of aromatic nitrogens is 4. The average molecular weight is 359 g/mol. The average Bonchev–Trinajstić information content (AvgIpc) is 3.29. The highest BCUT2D eigenvalue weighted by molar-refractivity contribution is 7.16. The van der Waals surface area contributed by atoms with E-state index in [0.29, 0.717) is 16.2 Å². The van der Waals surface area contributed by atoms with Crippen molar-refractivity contribution in [3.63, 3.8) is 0 Å². The van der Waals surface area contributed by atoms with Gasteiger partial charge in [0.05, 0.1) is 5.52 Å². The summed E-state index contributed by atoms with van der Waals surface area (Å²) >= 11 is 1.44. The van der Waals surface area contributed by atoms with Crippen LogP contribution in [0.15, 0.2) is 71.0 Å². The molecule has 0 bridgehead atoms. The van der Waals surface area contributed by atoms with Crippen LogP contribution in [0.1, 0.15) is 0 Å². The normalized spacial score (nSPS) is 11.4. The SMILES string of the molecule is Nc1nc2sccc2n(-c2ccc3ccn(-c4ccccc4)c3n2)c1=O. The van der Waals surface area contributed by atoms with Crippen LogP contribution in [0.25, 0.3) is 32.9 Å². The molecule has 0 amide bonds. The van der Waals surface area contributed by atoms with Crippen LogP contribution in [-0.2, 0) is 0 Å². The molecule has 0 saturated carbocycles. The summed E-state index contributed by atoms with van der Waals surface area (Å²) in [6.07, 6.45) is 1.97. The van der Waals surface area contributed by atoms with Crippen molar-refractivity contribution >= 4 is 38.5 Å². The third kappa shape index (κ3) is 2.14. The van der Waals surface area contributed by atoms with Crippen LogP contribution in [0.5, 0.6) is 0 Å². The zero-order chi connectivity index (χ0) is 17.7. The summed E-state index contributed by atoms with van der Waals surface area (Å²) in [4.78, 5) is 22.3. The van der Waals surface area contributed by atoms with Gasteiger partial charge in [0.1, 0.15) is 16.3 Å². The van der Waals surface area contributed by atoms with Crippen LogP contribution in [0.3, 0.4) is 0 Å². The highest BCUT2D eigenvalue weighted by Crippen LogP contribution is 2.23. The Balaban J connectivity index is 1.81. The van der Waals surface area contributed by atoms with E-state index in [0.717, 1.165) is 16.7 Å². The fourth-order valence-electron chi connectivity index (χ4n) is 3.08. The maximum atomic E-state index is 12.6. The number of hydrogen-bond donors (Lipinski definition) is 1. The first-order valence-corrected chi connectivity index (χ1v) is 8.90. The highest BCUT2D eigenvalue weighted by atomic mass is 32.1. The summed E-state index contributed by atoms with van der Waals surface area (Å²) in [5.41, 5.74) is 7.96. The van der Waals surface area contributed by atoms with E-state index in [4.69, 9.17) is 10.7 Å². The Morgan fingerprint density at radius 2 is 1.81 bits per heavy atom. The highest BCUT2D eigenvalue weighted by Gasteiger charge is 2.14. The summed E-state index contributed by atoms with van der Waals surface area (Å²) < 4.78 is 3.52. The van der Waals surface area contributed by atoms with E-state index >= 15 is 0 Å². The van der Waals surface area contributed by atoms with Gasteiger partial charge in [-0.1, -0.05) is 18.2 Å². The summed E-state index contributed by atoms with van der Waals surface area (Å²) in [5, 5.41) is 2.88. The number of thiophene rings is 1. The number of nitrogens with two attached hydrogens (primary N) is 1. The molecule has 5 rings (SSSR count). The minimum Gasteiger partial charge on any atom is -0.379 e. The van der Waals surface area contributed by atoms with Crippen LogP contribution in [0.4, 0.5) is 5.82 Å². The van der Waals surface area contributed by atoms with Crippen LogP contribution >= 0.6 is 11.3 Å². The molecule has 0 aliphatic carbocycles. The lowest BCUT2D eigenvalue weighted by Gasteiger charge is -2.09. The number of nitrogens with zero attached hydrogens (tertiary/aromatic N) is 4. The first-order chi connectivity index (χ1) is 12.7. The molecule has 1 aromatic carbocycles. The van der Waals surface area contributed by atoms with E-state index < -0.39 is 0 Å². The third-order valence-corrected chi connectivity index (χ3v) is 5.09. The van der Waals surface area contributed by atoms with Gasteiger partial charge in [-0.25, -0.2) is 9.97 Å². The molecule has 6 nitrogen and oxygen atoms in total. The van der Waals surface area contributed by atoms with Crippen LogP contribution < -0.4 is 11.3 Å². The summed E-state index contributed by atoms with van der Waals surface area (Å²) in [6.45, 7) is 0. The summed E-state index contributed by atoms with van der Waals surface area (Å²) in [7, 11) is 0. The Kier molecular flexibility index (Phi) is 3.16. The molecule has 0 aliphatic rings. The summed E-state index contributed by atoms with van der Waals surface area (Å²) in [5.74, 6) is 0.496. The van der Waals surface area contributed by atoms with Crippen molar-refractivity contribution in [3.8, 4) is 11.5 Å². The van der Waals surface area contributed by atoms with Gasteiger partial charge in [0, 0.05) is 17.3 Å². The van der Waals surface area contributed by atoms with Crippen molar-refractivity contribution in [2.75, 3.05) is 5.73 Å². The van der Waals surface area contributed by atoms with Crippen LogP contribution in [0, 0.1) is 0 Å². The molecule has 0 aliphatic heterocycles. The van der Waals surface area contributed by atoms with E-state index in [1.165, 1.54) is 15.9 Å². The van der Waals surface area contributed by atoms with Gasteiger partial charge in [-0.3, -0.25) is 9.36 Å².